The molecular weight excluding hydrogens is 252 g/mol. The molecule has 0 saturated carbocycles. The molecule has 3 rings (SSSR count). The number of nitrogens with one attached hydrogen (secondary N) is 1. The minimum atomic E-state index is -0.200. The first kappa shape index (κ1) is 12.0. The minimum absolute atomic E-state index is 0.200. The average molecular weight is 262 g/mol. The molecule has 1 heterocycles. The number of hydrogen-bond acceptors (Lipinski definition) is 3. The van der Waals surface area contributed by atoms with E-state index < -0.39 is 0 Å². The Hall–Kier alpha value is -3.06. The maximum Gasteiger partial charge on any atom is 0.190 e. The van der Waals surface area contributed by atoms with Gasteiger partial charge in [0.25, 0.3) is 0 Å². The largest absolute Gasteiger partial charge is 0.455 e. The van der Waals surface area contributed by atoms with Crippen LogP contribution in [0.3, 0.4) is 0 Å². The van der Waals surface area contributed by atoms with Crippen LogP contribution in [0.5, 0.6) is 11.5 Å². The Kier molecular flexibility index (Phi) is 2.94. The highest BCUT2D eigenvalue weighted by Crippen LogP contribution is 2.27. The van der Waals surface area contributed by atoms with E-state index in [4.69, 9.17) is 10.00 Å². The van der Waals surface area contributed by atoms with Crippen LogP contribution in [0.2, 0.25) is 0 Å². The molecule has 1 N–H and O–H groups in total. The van der Waals surface area contributed by atoms with Gasteiger partial charge in [0.1, 0.15) is 17.5 Å². The minimum Gasteiger partial charge on any atom is -0.455 e. The van der Waals surface area contributed by atoms with Gasteiger partial charge in [-0.25, -0.2) is 0 Å². The number of aromatic amines is 1. The molecule has 0 bridgehead atoms. The molecule has 0 aliphatic heterocycles. The molecule has 0 radical (unpaired) electrons. The highest BCUT2D eigenvalue weighted by Gasteiger charge is 2.08. The SMILES string of the molecule is N#Cc1cc(=O)c2cccc(Oc3ccccc3)c2[nH]1. The molecular formula is C16H10N2O2. The Morgan fingerprint density at radius 2 is 1.85 bits per heavy atom. The van der Waals surface area contributed by atoms with Gasteiger partial charge in [-0.1, -0.05) is 24.3 Å². The molecule has 0 fully saturated rings. The molecule has 0 spiro atoms. The number of nitriles is 1. The summed E-state index contributed by atoms with van der Waals surface area (Å²) in [6, 6.07) is 17.7. The first-order valence-electron chi connectivity index (χ1n) is 6.07. The molecule has 1 aromatic heterocycles. The highest BCUT2D eigenvalue weighted by atomic mass is 16.5. The number of pyridine rings is 1. The van der Waals surface area contributed by atoms with Gasteiger partial charge >= 0.3 is 0 Å². The van der Waals surface area contributed by atoms with Crippen molar-refractivity contribution in [1.82, 2.24) is 4.98 Å². The van der Waals surface area contributed by atoms with Gasteiger partial charge in [0.05, 0.1) is 5.52 Å². The molecule has 3 aromatic rings. The van der Waals surface area contributed by atoms with E-state index in [2.05, 4.69) is 4.98 Å². The topological polar surface area (TPSA) is 65.9 Å². The normalized spacial score (nSPS) is 10.2. The Morgan fingerprint density at radius 3 is 2.60 bits per heavy atom. The number of nitrogens with zero attached hydrogens (tertiary/aromatic N) is 1. The van der Waals surface area contributed by atoms with E-state index in [-0.39, 0.29) is 11.1 Å². The number of benzene rings is 2. The number of hydrogen-bond donors (Lipinski definition) is 1. The Labute approximate surface area is 114 Å². The van der Waals surface area contributed by atoms with Crippen molar-refractivity contribution in [3.05, 3.63) is 70.5 Å². The lowest BCUT2D eigenvalue weighted by molar-refractivity contribution is 0.487. The second-order valence-electron chi connectivity index (χ2n) is 4.25. The second-order valence-corrected chi connectivity index (χ2v) is 4.25. The van der Waals surface area contributed by atoms with Crippen LogP contribution in [0.4, 0.5) is 0 Å². The number of fused-ring (bicyclic) bond motifs is 1. The fourth-order valence-corrected chi connectivity index (χ4v) is 2.01. The second kappa shape index (κ2) is 4.90. The molecule has 0 atom stereocenters. The van der Waals surface area contributed by atoms with Crippen molar-refractivity contribution >= 4 is 10.9 Å². The lowest BCUT2D eigenvalue weighted by Crippen LogP contribution is -2.04. The number of para-hydroxylation sites is 2. The van der Waals surface area contributed by atoms with E-state index in [1.807, 2.05) is 36.4 Å². The molecule has 0 aliphatic rings. The fourth-order valence-electron chi connectivity index (χ4n) is 2.01. The van der Waals surface area contributed by atoms with Crippen LogP contribution >= 0.6 is 0 Å². The van der Waals surface area contributed by atoms with Gasteiger partial charge in [-0.15, -0.1) is 0 Å². The Balaban J connectivity index is 2.19. The molecule has 0 saturated heterocycles. The lowest BCUT2D eigenvalue weighted by atomic mass is 10.2. The fraction of sp³-hybridized carbons (Fsp3) is 0. The average Bonchev–Trinajstić information content (AvgIpc) is 2.49. The summed E-state index contributed by atoms with van der Waals surface area (Å²) in [5.74, 6) is 1.19. The summed E-state index contributed by atoms with van der Waals surface area (Å²) in [5.41, 5.74) is 0.542. The quantitative estimate of drug-likeness (QED) is 0.771. The van der Waals surface area contributed by atoms with Crippen LogP contribution in [0.25, 0.3) is 10.9 Å². The van der Waals surface area contributed by atoms with Crippen LogP contribution in [-0.2, 0) is 0 Å². The predicted octanol–water partition coefficient (Wildman–Crippen LogP) is 3.19. The maximum atomic E-state index is 11.9. The van der Waals surface area contributed by atoms with E-state index in [1.54, 1.807) is 18.2 Å². The third kappa shape index (κ3) is 2.13. The summed E-state index contributed by atoms with van der Waals surface area (Å²) in [6.45, 7) is 0. The standard InChI is InChI=1S/C16H10N2O2/c17-10-11-9-14(19)13-7-4-8-15(16(13)18-11)20-12-5-2-1-3-6-12/h1-9H,(H,18,19). The van der Waals surface area contributed by atoms with Crippen molar-refractivity contribution in [2.45, 2.75) is 0 Å². The lowest BCUT2D eigenvalue weighted by Gasteiger charge is -2.08. The third-order valence-corrected chi connectivity index (χ3v) is 2.92. The summed E-state index contributed by atoms with van der Waals surface area (Å²) >= 11 is 0. The zero-order chi connectivity index (χ0) is 13.9. The van der Waals surface area contributed by atoms with E-state index >= 15 is 0 Å². The molecule has 0 unspecified atom stereocenters. The Morgan fingerprint density at radius 1 is 1.05 bits per heavy atom. The molecule has 0 amide bonds. The van der Waals surface area contributed by atoms with E-state index in [0.717, 1.165) is 0 Å². The van der Waals surface area contributed by atoms with Crippen molar-refractivity contribution < 1.29 is 4.74 Å². The van der Waals surface area contributed by atoms with Crippen LogP contribution in [0.1, 0.15) is 5.69 Å². The van der Waals surface area contributed by atoms with Gasteiger partial charge in [0.2, 0.25) is 0 Å². The number of aromatic nitrogens is 1. The van der Waals surface area contributed by atoms with Gasteiger partial charge in [-0.2, -0.15) is 5.26 Å². The van der Waals surface area contributed by atoms with E-state index in [9.17, 15) is 4.79 Å². The van der Waals surface area contributed by atoms with E-state index in [1.165, 1.54) is 6.07 Å². The van der Waals surface area contributed by atoms with Crippen molar-refractivity contribution in [3.8, 4) is 17.6 Å². The predicted molar refractivity (Wildman–Crippen MR) is 75.8 cm³/mol. The van der Waals surface area contributed by atoms with Crippen LogP contribution in [-0.4, -0.2) is 4.98 Å². The van der Waals surface area contributed by atoms with Crippen molar-refractivity contribution in [2.24, 2.45) is 0 Å². The number of ether oxygens (including phenoxy) is 1. The smallest absolute Gasteiger partial charge is 0.190 e. The molecule has 0 aliphatic carbocycles. The van der Waals surface area contributed by atoms with Gasteiger partial charge in [0, 0.05) is 11.5 Å². The highest BCUT2D eigenvalue weighted by molar-refractivity contribution is 5.85. The van der Waals surface area contributed by atoms with Gasteiger partial charge in [-0.3, -0.25) is 4.79 Å². The number of H-pyrrole nitrogens is 1. The van der Waals surface area contributed by atoms with Gasteiger partial charge in [0.15, 0.2) is 11.2 Å². The monoisotopic (exact) mass is 262 g/mol. The summed E-state index contributed by atoms with van der Waals surface area (Å²) < 4.78 is 5.77. The molecule has 2 aromatic carbocycles. The molecule has 4 heteroatoms. The maximum absolute atomic E-state index is 11.9. The first-order chi connectivity index (χ1) is 9.78. The summed E-state index contributed by atoms with van der Waals surface area (Å²) in [7, 11) is 0. The van der Waals surface area contributed by atoms with Crippen molar-refractivity contribution in [3.63, 3.8) is 0 Å². The van der Waals surface area contributed by atoms with Crippen LogP contribution in [0, 0.1) is 11.3 Å². The molecule has 4 nitrogen and oxygen atoms in total. The number of rotatable bonds is 2. The molecule has 96 valence electrons. The van der Waals surface area contributed by atoms with Crippen LogP contribution in [0.15, 0.2) is 59.4 Å². The molecule has 20 heavy (non-hydrogen) atoms. The Bertz CT molecular complexity index is 861. The van der Waals surface area contributed by atoms with Crippen molar-refractivity contribution in [1.29, 1.82) is 5.26 Å². The third-order valence-electron chi connectivity index (χ3n) is 2.92. The zero-order valence-corrected chi connectivity index (χ0v) is 10.5. The van der Waals surface area contributed by atoms with Crippen LogP contribution < -0.4 is 10.2 Å². The van der Waals surface area contributed by atoms with Crippen molar-refractivity contribution in [2.75, 3.05) is 0 Å². The summed E-state index contributed by atoms with van der Waals surface area (Å²) in [6.07, 6.45) is 0. The van der Waals surface area contributed by atoms with Gasteiger partial charge in [-0.05, 0) is 24.3 Å². The first-order valence-corrected chi connectivity index (χ1v) is 6.07. The summed E-state index contributed by atoms with van der Waals surface area (Å²) in [5, 5.41) is 9.44. The van der Waals surface area contributed by atoms with Gasteiger partial charge < -0.3 is 9.72 Å². The zero-order valence-electron chi connectivity index (χ0n) is 10.5. The summed E-state index contributed by atoms with van der Waals surface area (Å²) in [4.78, 5) is 14.9. The van der Waals surface area contributed by atoms with E-state index in [0.29, 0.717) is 22.4 Å².